The van der Waals surface area contributed by atoms with Gasteiger partial charge in [0.05, 0.1) is 12.0 Å². The van der Waals surface area contributed by atoms with E-state index in [0.29, 0.717) is 31.9 Å². The van der Waals surface area contributed by atoms with E-state index in [9.17, 15) is 14.7 Å². The number of hydrogen-bond acceptors (Lipinski definition) is 5. The fourth-order valence-electron chi connectivity index (χ4n) is 2.72. The van der Waals surface area contributed by atoms with Crippen molar-refractivity contribution < 1.29 is 24.2 Å². The van der Waals surface area contributed by atoms with Gasteiger partial charge in [-0.15, -0.1) is 0 Å². The number of carboxylic acid groups (broad SMARTS) is 1. The Morgan fingerprint density at radius 3 is 2.71 bits per heavy atom. The minimum atomic E-state index is -0.896. The van der Waals surface area contributed by atoms with Gasteiger partial charge in [0.1, 0.15) is 5.69 Å². The molecule has 1 aromatic rings. The van der Waals surface area contributed by atoms with Crippen molar-refractivity contribution in [1.82, 2.24) is 10.3 Å². The number of nitrogens with one attached hydrogen (secondary N) is 1. The lowest BCUT2D eigenvalue weighted by Gasteiger charge is -2.27. The highest BCUT2D eigenvalue weighted by Gasteiger charge is 2.30. The van der Waals surface area contributed by atoms with Crippen LogP contribution in [0.3, 0.4) is 0 Å². The molecule has 1 aromatic heterocycles. The summed E-state index contributed by atoms with van der Waals surface area (Å²) in [6.45, 7) is 4.96. The fourth-order valence-corrected chi connectivity index (χ4v) is 2.72. The molecule has 1 aliphatic rings. The number of carboxylic acids is 1. The maximum absolute atomic E-state index is 12.2. The van der Waals surface area contributed by atoms with Gasteiger partial charge in [-0.3, -0.25) is 9.59 Å². The van der Waals surface area contributed by atoms with Gasteiger partial charge in [-0.25, -0.2) is 4.98 Å². The molecule has 1 amide bonds. The number of rotatable bonds is 7. The third-order valence-electron chi connectivity index (χ3n) is 3.95. The van der Waals surface area contributed by atoms with Gasteiger partial charge in [-0.05, 0) is 38.7 Å². The second-order valence-corrected chi connectivity index (χ2v) is 6.13. The van der Waals surface area contributed by atoms with Crippen molar-refractivity contribution in [2.75, 3.05) is 19.8 Å². The van der Waals surface area contributed by atoms with Crippen LogP contribution in [0.4, 0.5) is 0 Å². The van der Waals surface area contributed by atoms with Crippen LogP contribution in [0.15, 0.2) is 18.2 Å². The zero-order valence-electron chi connectivity index (χ0n) is 14.0. The summed E-state index contributed by atoms with van der Waals surface area (Å²) in [6.07, 6.45) is 1.35. The summed E-state index contributed by atoms with van der Waals surface area (Å²) in [4.78, 5) is 27.9. The lowest BCUT2D eigenvalue weighted by molar-refractivity contribution is -0.144. The molecule has 1 saturated heterocycles. The van der Waals surface area contributed by atoms with E-state index in [2.05, 4.69) is 10.3 Å². The molecular formula is C17H24N2O5. The van der Waals surface area contributed by atoms with Crippen LogP contribution < -0.4 is 10.1 Å². The zero-order chi connectivity index (χ0) is 17.5. The number of ether oxygens (including phenoxy) is 2. The molecule has 1 unspecified atom stereocenters. The highest BCUT2D eigenvalue weighted by atomic mass is 16.5. The average molecular weight is 336 g/mol. The third-order valence-corrected chi connectivity index (χ3v) is 3.95. The van der Waals surface area contributed by atoms with E-state index < -0.39 is 17.8 Å². The van der Waals surface area contributed by atoms with Crippen LogP contribution in [-0.4, -0.2) is 47.8 Å². The van der Waals surface area contributed by atoms with Crippen LogP contribution in [0.1, 0.15) is 37.2 Å². The standard InChI is InChI=1S/C17H24N2O5/c1-11(2)24-15-5-3-4-14(19-15)16(20)18-10-13(17(21)22)12-6-8-23-9-7-12/h3-5,11-13H,6-10H2,1-2H3,(H,18,20)(H,21,22). The van der Waals surface area contributed by atoms with Crippen molar-refractivity contribution in [1.29, 1.82) is 0 Å². The second kappa shape index (κ2) is 8.63. The first-order valence-corrected chi connectivity index (χ1v) is 8.20. The minimum Gasteiger partial charge on any atom is -0.481 e. The van der Waals surface area contributed by atoms with Gasteiger partial charge in [-0.2, -0.15) is 0 Å². The van der Waals surface area contributed by atoms with E-state index in [-0.39, 0.29) is 24.3 Å². The summed E-state index contributed by atoms with van der Waals surface area (Å²) >= 11 is 0. The maximum Gasteiger partial charge on any atom is 0.308 e. The summed E-state index contributed by atoms with van der Waals surface area (Å²) in [5.74, 6) is -1.53. The number of carbonyl (C=O) groups excluding carboxylic acids is 1. The highest BCUT2D eigenvalue weighted by molar-refractivity contribution is 5.92. The molecule has 2 rings (SSSR count). The van der Waals surface area contributed by atoms with Crippen LogP contribution in [0.5, 0.6) is 5.88 Å². The molecule has 132 valence electrons. The first-order valence-electron chi connectivity index (χ1n) is 8.20. The Morgan fingerprint density at radius 1 is 1.38 bits per heavy atom. The molecule has 0 bridgehead atoms. The molecule has 1 aliphatic heterocycles. The normalized spacial score (nSPS) is 16.6. The number of pyridine rings is 1. The van der Waals surface area contributed by atoms with Crippen LogP contribution in [0.2, 0.25) is 0 Å². The number of aromatic nitrogens is 1. The van der Waals surface area contributed by atoms with E-state index in [1.54, 1.807) is 18.2 Å². The number of carbonyl (C=O) groups is 2. The van der Waals surface area contributed by atoms with Gasteiger partial charge in [0, 0.05) is 25.8 Å². The predicted octanol–water partition coefficient (Wildman–Crippen LogP) is 1.73. The summed E-state index contributed by atoms with van der Waals surface area (Å²) in [5.41, 5.74) is 0.212. The van der Waals surface area contributed by atoms with Gasteiger partial charge in [0.15, 0.2) is 0 Å². The Hall–Kier alpha value is -2.15. The third kappa shape index (κ3) is 5.19. The van der Waals surface area contributed by atoms with Crippen LogP contribution in [0.25, 0.3) is 0 Å². The Bertz CT molecular complexity index is 570. The highest BCUT2D eigenvalue weighted by Crippen LogP contribution is 2.23. The summed E-state index contributed by atoms with van der Waals surface area (Å²) < 4.78 is 10.7. The smallest absolute Gasteiger partial charge is 0.308 e. The van der Waals surface area contributed by atoms with Gasteiger partial charge in [-0.1, -0.05) is 6.07 Å². The van der Waals surface area contributed by atoms with Gasteiger partial charge in [0.25, 0.3) is 5.91 Å². The second-order valence-electron chi connectivity index (χ2n) is 6.13. The summed E-state index contributed by atoms with van der Waals surface area (Å²) in [6, 6.07) is 4.94. The summed E-state index contributed by atoms with van der Waals surface area (Å²) in [7, 11) is 0. The molecule has 0 saturated carbocycles. The SMILES string of the molecule is CC(C)Oc1cccc(C(=O)NCC(C(=O)O)C2CCOCC2)n1. The van der Waals surface area contributed by atoms with Gasteiger partial charge in [0.2, 0.25) is 5.88 Å². The Kier molecular flexibility index (Phi) is 6.54. The first kappa shape index (κ1) is 18.2. The van der Waals surface area contributed by atoms with E-state index in [1.807, 2.05) is 13.8 Å². The number of amides is 1. The quantitative estimate of drug-likeness (QED) is 0.787. The van der Waals surface area contributed by atoms with Crippen molar-refractivity contribution in [2.45, 2.75) is 32.8 Å². The zero-order valence-corrected chi connectivity index (χ0v) is 14.0. The number of nitrogens with zero attached hydrogens (tertiary/aromatic N) is 1. The molecule has 2 heterocycles. The summed E-state index contributed by atoms with van der Waals surface area (Å²) in [5, 5.41) is 12.1. The monoisotopic (exact) mass is 336 g/mol. The topological polar surface area (TPSA) is 97.8 Å². The van der Waals surface area contributed by atoms with Gasteiger partial charge < -0.3 is 19.9 Å². The van der Waals surface area contributed by atoms with Crippen molar-refractivity contribution in [3.63, 3.8) is 0 Å². The molecule has 0 spiro atoms. The van der Waals surface area contributed by atoms with E-state index in [0.717, 1.165) is 0 Å². The Labute approximate surface area is 141 Å². The molecule has 1 atom stereocenters. The van der Waals surface area contributed by atoms with Crippen molar-refractivity contribution >= 4 is 11.9 Å². The Morgan fingerprint density at radius 2 is 2.08 bits per heavy atom. The molecule has 7 nitrogen and oxygen atoms in total. The van der Waals surface area contributed by atoms with Crippen LogP contribution in [0, 0.1) is 11.8 Å². The largest absolute Gasteiger partial charge is 0.481 e. The number of hydrogen-bond donors (Lipinski definition) is 2. The van der Waals surface area contributed by atoms with Crippen LogP contribution >= 0.6 is 0 Å². The van der Waals surface area contributed by atoms with E-state index >= 15 is 0 Å². The lowest BCUT2D eigenvalue weighted by atomic mass is 9.86. The number of aliphatic carboxylic acids is 1. The fraction of sp³-hybridized carbons (Fsp3) is 0.588. The molecule has 24 heavy (non-hydrogen) atoms. The molecule has 0 aromatic carbocycles. The van der Waals surface area contributed by atoms with Crippen molar-refractivity contribution in [2.24, 2.45) is 11.8 Å². The molecule has 0 radical (unpaired) electrons. The van der Waals surface area contributed by atoms with E-state index in [1.165, 1.54) is 0 Å². The first-order chi connectivity index (χ1) is 11.5. The van der Waals surface area contributed by atoms with Crippen LogP contribution in [-0.2, 0) is 9.53 Å². The molecular weight excluding hydrogens is 312 g/mol. The van der Waals surface area contributed by atoms with Gasteiger partial charge >= 0.3 is 5.97 Å². The van der Waals surface area contributed by atoms with Crippen molar-refractivity contribution in [3.05, 3.63) is 23.9 Å². The molecule has 1 fully saturated rings. The average Bonchev–Trinajstić information content (AvgIpc) is 2.55. The molecule has 2 N–H and O–H groups in total. The predicted molar refractivity (Wildman–Crippen MR) is 87.0 cm³/mol. The molecule has 7 heteroatoms. The van der Waals surface area contributed by atoms with Crippen molar-refractivity contribution in [3.8, 4) is 5.88 Å². The Balaban J connectivity index is 1.96. The molecule has 0 aliphatic carbocycles. The maximum atomic E-state index is 12.2. The van der Waals surface area contributed by atoms with E-state index in [4.69, 9.17) is 9.47 Å². The minimum absolute atomic E-state index is 0.0140. The lowest BCUT2D eigenvalue weighted by Crippen LogP contribution is -2.39.